The Hall–Kier alpha value is -1.64. The molecule has 1 unspecified atom stereocenters. The average molecular weight is 229 g/mol. The number of hydrogen-bond donors (Lipinski definition) is 1. The molecule has 1 heterocycles. The number of nitrogens with zero attached hydrogens (tertiary/aromatic N) is 2. The fourth-order valence-electron chi connectivity index (χ4n) is 2.01. The Labute approximate surface area is 102 Å². The molecule has 0 amide bonds. The monoisotopic (exact) mass is 229 g/mol. The van der Waals surface area contributed by atoms with E-state index in [0.717, 1.165) is 23.1 Å². The van der Waals surface area contributed by atoms with Crippen LogP contribution < -0.4 is 5.32 Å². The molecule has 0 fully saturated rings. The lowest BCUT2D eigenvalue weighted by molar-refractivity contribution is 0.511. The first kappa shape index (κ1) is 11.8. The maximum atomic E-state index is 4.32. The highest BCUT2D eigenvalue weighted by Crippen LogP contribution is 2.18. The Bertz CT molecular complexity index is 494. The zero-order chi connectivity index (χ0) is 12.3. The fourth-order valence-corrected chi connectivity index (χ4v) is 2.01. The number of aromatic nitrogens is 2. The van der Waals surface area contributed by atoms with E-state index in [2.05, 4.69) is 48.2 Å². The van der Waals surface area contributed by atoms with Crippen LogP contribution in [0.15, 0.2) is 30.6 Å². The van der Waals surface area contributed by atoms with Crippen LogP contribution in [0.2, 0.25) is 0 Å². The van der Waals surface area contributed by atoms with E-state index in [4.69, 9.17) is 0 Å². The van der Waals surface area contributed by atoms with Crippen LogP contribution in [0.5, 0.6) is 0 Å². The molecule has 1 N–H and O–H groups in total. The first-order valence-electron chi connectivity index (χ1n) is 6.18. The number of benzene rings is 1. The highest BCUT2D eigenvalue weighted by atomic mass is 14.9. The topological polar surface area (TPSA) is 37.8 Å². The second-order valence-corrected chi connectivity index (χ2v) is 4.66. The number of rotatable bonds is 4. The van der Waals surface area contributed by atoms with Crippen LogP contribution in [0.4, 0.5) is 5.69 Å². The van der Waals surface area contributed by atoms with Crippen molar-refractivity contribution in [2.24, 2.45) is 5.92 Å². The van der Waals surface area contributed by atoms with Gasteiger partial charge < -0.3 is 5.32 Å². The van der Waals surface area contributed by atoms with Gasteiger partial charge in [0.25, 0.3) is 0 Å². The number of nitrogens with one attached hydrogen (secondary N) is 1. The van der Waals surface area contributed by atoms with E-state index in [1.54, 1.807) is 12.4 Å². The van der Waals surface area contributed by atoms with Gasteiger partial charge in [0.15, 0.2) is 0 Å². The highest BCUT2D eigenvalue weighted by Gasteiger charge is 2.10. The van der Waals surface area contributed by atoms with Crippen molar-refractivity contribution < 1.29 is 0 Å². The Morgan fingerprint density at radius 1 is 1.12 bits per heavy atom. The largest absolute Gasteiger partial charge is 0.382 e. The predicted octanol–water partition coefficient (Wildman–Crippen LogP) is 3.48. The van der Waals surface area contributed by atoms with E-state index in [1.807, 2.05) is 6.07 Å². The Morgan fingerprint density at radius 2 is 1.82 bits per heavy atom. The fraction of sp³-hybridized carbons (Fsp3) is 0.429. The zero-order valence-corrected chi connectivity index (χ0v) is 10.6. The van der Waals surface area contributed by atoms with E-state index in [1.165, 1.54) is 0 Å². The van der Waals surface area contributed by atoms with Gasteiger partial charge in [-0.05, 0) is 30.5 Å². The van der Waals surface area contributed by atoms with E-state index in [0.29, 0.717) is 12.0 Å². The molecule has 0 saturated heterocycles. The average Bonchev–Trinajstić information content (AvgIpc) is 2.35. The van der Waals surface area contributed by atoms with E-state index in [9.17, 15) is 0 Å². The quantitative estimate of drug-likeness (QED) is 0.872. The van der Waals surface area contributed by atoms with E-state index < -0.39 is 0 Å². The van der Waals surface area contributed by atoms with Crippen LogP contribution in [0.3, 0.4) is 0 Å². The van der Waals surface area contributed by atoms with Crippen molar-refractivity contribution >= 4 is 16.7 Å². The van der Waals surface area contributed by atoms with Crippen molar-refractivity contribution in [2.45, 2.75) is 33.2 Å². The van der Waals surface area contributed by atoms with Crippen molar-refractivity contribution in [3.8, 4) is 0 Å². The van der Waals surface area contributed by atoms with E-state index >= 15 is 0 Å². The van der Waals surface area contributed by atoms with Crippen molar-refractivity contribution in [1.82, 2.24) is 9.97 Å². The van der Waals surface area contributed by atoms with Gasteiger partial charge in [-0.1, -0.05) is 20.8 Å². The summed E-state index contributed by atoms with van der Waals surface area (Å²) in [6.45, 7) is 6.68. The van der Waals surface area contributed by atoms with Gasteiger partial charge in [0, 0.05) is 24.1 Å². The molecule has 1 aromatic heterocycles. The van der Waals surface area contributed by atoms with Gasteiger partial charge in [-0.3, -0.25) is 9.97 Å². The molecule has 2 aromatic rings. The maximum absolute atomic E-state index is 4.32. The Kier molecular flexibility index (Phi) is 3.57. The van der Waals surface area contributed by atoms with Gasteiger partial charge in [0.05, 0.1) is 11.0 Å². The third kappa shape index (κ3) is 2.73. The lowest BCUT2D eigenvalue weighted by atomic mass is 10.0. The minimum Gasteiger partial charge on any atom is -0.382 e. The molecule has 0 aliphatic rings. The highest BCUT2D eigenvalue weighted by molar-refractivity contribution is 5.78. The normalized spacial score (nSPS) is 12.9. The number of anilines is 1. The first-order chi connectivity index (χ1) is 8.20. The lowest BCUT2D eigenvalue weighted by Crippen LogP contribution is -2.24. The Morgan fingerprint density at radius 3 is 2.47 bits per heavy atom. The van der Waals surface area contributed by atoms with Gasteiger partial charge in [0.1, 0.15) is 0 Å². The van der Waals surface area contributed by atoms with Gasteiger partial charge in [-0.15, -0.1) is 0 Å². The van der Waals surface area contributed by atoms with Gasteiger partial charge in [-0.2, -0.15) is 0 Å². The summed E-state index contributed by atoms with van der Waals surface area (Å²) in [4.78, 5) is 8.58. The summed E-state index contributed by atoms with van der Waals surface area (Å²) in [5, 5.41) is 3.55. The van der Waals surface area contributed by atoms with E-state index in [-0.39, 0.29) is 0 Å². The van der Waals surface area contributed by atoms with Crippen LogP contribution in [-0.2, 0) is 0 Å². The second kappa shape index (κ2) is 5.13. The van der Waals surface area contributed by atoms with Gasteiger partial charge >= 0.3 is 0 Å². The van der Waals surface area contributed by atoms with Gasteiger partial charge in [0.2, 0.25) is 0 Å². The zero-order valence-electron chi connectivity index (χ0n) is 10.6. The molecule has 3 heteroatoms. The summed E-state index contributed by atoms with van der Waals surface area (Å²) >= 11 is 0. The molecule has 0 spiro atoms. The van der Waals surface area contributed by atoms with Crippen molar-refractivity contribution in [3.05, 3.63) is 30.6 Å². The summed E-state index contributed by atoms with van der Waals surface area (Å²) in [6, 6.07) is 6.65. The minimum absolute atomic E-state index is 0.504. The molecule has 0 saturated carbocycles. The van der Waals surface area contributed by atoms with Crippen molar-refractivity contribution in [2.75, 3.05) is 5.32 Å². The summed E-state index contributed by atoms with van der Waals surface area (Å²) < 4.78 is 0. The molecule has 17 heavy (non-hydrogen) atoms. The SMILES string of the molecule is CCC(Nc1ccc2nccnc2c1)C(C)C. The summed E-state index contributed by atoms with van der Waals surface area (Å²) in [7, 11) is 0. The number of fused-ring (bicyclic) bond motifs is 1. The molecule has 0 aliphatic heterocycles. The molecule has 0 bridgehead atoms. The molecule has 3 nitrogen and oxygen atoms in total. The predicted molar refractivity (Wildman–Crippen MR) is 72.1 cm³/mol. The van der Waals surface area contributed by atoms with Crippen LogP contribution >= 0.6 is 0 Å². The van der Waals surface area contributed by atoms with Gasteiger partial charge in [-0.25, -0.2) is 0 Å². The summed E-state index contributed by atoms with van der Waals surface area (Å²) in [6.07, 6.45) is 4.57. The minimum atomic E-state index is 0.504. The Balaban J connectivity index is 2.24. The molecule has 1 aromatic carbocycles. The van der Waals surface area contributed by atoms with Crippen LogP contribution in [-0.4, -0.2) is 16.0 Å². The standard InChI is InChI=1S/C14H19N3/c1-4-12(10(2)3)17-11-5-6-13-14(9-11)16-8-7-15-13/h5-10,12,17H,4H2,1-3H3. The molecule has 0 radical (unpaired) electrons. The molecular weight excluding hydrogens is 210 g/mol. The lowest BCUT2D eigenvalue weighted by Gasteiger charge is -2.22. The van der Waals surface area contributed by atoms with Crippen molar-refractivity contribution in [3.63, 3.8) is 0 Å². The molecule has 1 atom stereocenters. The van der Waals surface area contributed by atoms with Crippen LogP contribution in [0.25, 0.3) is 11.0 Å². The smallest absolute Gasteiger partial charge is 0.0907 e. The third-order valence-electron chi connectivity index (χ3n) is 3.07. The second-order valence-electron chi connectivity index (χ2n) is 4.66. The molecular formula is C14H19N3. The van der Waals surface area contributed by atoms with Crippen LogP contribution in [0.1, 0.15) is 27.2 Å². The maximum Gasteiger partial charge on any atom is 0.0907 e. The summed E-state index contributed by atoms with van der Waals surface area (Å²) in [5.74, 6) is 0.623. The van der Waals surface area contributed by atoms with Crippen molar-refractivity contribution in [1.29, 1.82) is 0 Å². The number of hydrogen-bond acceptors (Lipinski definition) is 3. The third-order valence-corrected chi connectivity index (χ3v) is 3.07. The van der Waals surface area contributed by atoms with Crippen LogP contribution in [0, 0.1) is 5.92 Å². The molecule has 90 valence electrons. The molecule has 0 aliphatic carbocycles. The molecule has 2 rings (SSSR count). The first-order valence-corrected chi connectivity index (χ1v) is 6.18. The summed E-state index contributed by atoms with van der Waals surface area (Å²) in [5.41, 5.74) is 3.00.